The van der Waals surface area contributed by atoms with Crippen molar-refractivity contribution in [1.82, 2.24) is 10.2 Å². The second-order valence-corrected chi connectivity index (χ2v) is 3.90. The molecule has 0 spiro atoms. The Labute approximate surface area is 89.4 Å². The summed E-state index contributed by atoms with van der Waals surface area (Å²) in [5.74, 6) is -0.483. The first-order chi connectivity index (χ1) is 7.10. The minimum Gasteiger partial charge on any atom is -0.480 e. The predicted octanol–water partition coefficient (Wildman–Crippen LogP) is 0.901. The fourth-order valence-electron chi connectivity index (χ4n) is 2.03. The largest absolute Gasteiger partial charge is 0.480 e. The molecule has 1 saturated heterocycles. The van der Waals surface area contributed by atoms with Gasteiger partial charge in [-0.05, 0) is 18.8 Å². The average Bonchev–Trinajstić information content (AvgIpc) is 2.27. The molecular weight excluding hydrogens is 196 g/mol. The summed E-state index contributed by atoms with van der Waals surface area (Å²) >= 11 is 0. The van der Waals surface area contributed by atoms with E-state index in [1.54, 1.807) is 0 Å². The molecule has 0 aliphatic carbocycles. The zero-order valence-corrected chi connectivity index (χ0v) is 9.19. The summed E-state index contributed by atoms with van der Waals surface area (Å²) in [5.41, 5.74) is 0. The predicted molar refractivity (Wildman–Crippen MR) is 55.6 cm³/mol. The number of aliphatic carboxylic acids is 1. The molecule has 2 unspecified atom stereocenters. The number of hydrogen-bond acceptors (Lipinski definition) is 2. The van der Waals surface area contributed by atoms with Crippen molar-refractivity contribution in [2.24, 2.45) is 5.92 Å². The van der Waals surface area contributed by atoms with Gasteiger partial charge in [0.05, 0.1) is 0 Å². The lowest BCUT2D eigenvalue weighted by atomic mass is 9.89. The molecule has 2 atom stereocenters. The Bertz CT molecular complexity index is 255. The minimum atomic E-state index is -0.906. The molecule has 0 radical (unpaired) electrons. The third-order valence-corrected chi connectivity index (χ3v) is 3.05. The summed E-state index contributed by atoms with van der Waals surface area (Å²) in [6.07, 6.45) is 2.44. The zero-order valence-electron chi connectivity index (χ0n) is 9.19. The average molecular weight is 214 g/mol. The molecule has 5 heteroatoms. The second-order valence-electron chi connectivity index (χ2n) is 3.90. The van der Waals surface area contributed by atoms with Crippen LogP contribution in [0.3, 0.4) is 0 Å². The van der Waals surface area contributed by atoms with E-state index < -0.39 is 12.0 Å². The van der Waals surface area contributed by atoms with Crippen molar-refractivity contribution in [2.75, 3.05) is 13.6 Å². The quantitative estimate of drug-likeness (QED) is 0.717. The van der Waals surface area contributed by atoms with Crippen LogP contribution in [-0.4, -0.2) is 41.6 Å². The fourth-order valence-corrected chi connectivity index (χ4v) is 2.03. The van der Waals surface area contributed by atoms with Gasteiger partial charge in [0.2, 0.25) is 0 Å². The van der Waals surface area contributed by atoms with Gasteiger partial charge in [-0.15, -0.1) is 0 Å². The van der Waals surface area contributed by atoms with Crippen molar-refractivity contribution < 1.29 is 14.7 Å². The smallest absolute Gasteiger partial charge is 0.326 e. The van der Waals surface area contributed by atoms with Gasteiger partial charge in [-0.2, -0.15) is 0 Å². The van der Waals surface area contributed by atoms with Crippen LogP contribution in [0, 0.1) is 5.92 Å². The number of rotatable bonds is 2. The summed E-state index contributed by atoms with van der Waals surface area (Å²) in [5, 5.41) is 11.5. The molecule has 0 aromatic heterocycles. The van der Waals surface area contributed by atoms with Gasteiger partial charge in [0, 0.05) is 13.6 Å². The number of carbonyl (C=O) groups is 2. The van der Waals surface area contributed by atoms with Crippen molar-refractivity contribution in [1.29, 1.82) is 0 Å². The van der Waals surface area contributed by atoms with E-state index in [0.29, 0.717) is 18.9 Å². The highest BCUT2D eigenvalue weighted by Crippen LogP contribution is 2.25. The number of amides is 2. The third kappa shape index (κ3) is 2.61. The standard InChI is InChI=1S/C10H18N2O3/c1-3-7-4-5-12(10(15)11-2)8(6-7)9(13)14/h7-8H,3-6H2,1-2H3,(H,11,15)(H,13,14). The van der Waals surface area contributed by atoms with E-state index in [-0.39, 0.29) is 6.03 Å². The Balaban J connectivity index is 2.71. The summed E-state index contributed by atoms with van der Waals surface area (Å²) in [6.45, 7) is 2.59. The molecule has 2 N–H and O–H groups in total. The van der Waals surface area contributed by atoms with E-state index in [9.17, 15) is 9.59 Å². The molecule has 2 amide bonds. The number of nitrogens with zero attached hydrogens (tertiary/aromatic N) is 1. The van der Waals surface area contributed by atoms with E-state index in [0.717, 1.165) is 12.8 Å². The number of urea groups is 1. The second kappa shape index (κ2) is 5.00. The maximum atomic E-state index is 11.4. The van der Waals surface area contributed by atoms with Gasteiger partial charge < -0.3 is 15.3 Å². The highest BCUT2D eigenvalue weighted by atomic mass is 16.4. The lowest BCUT2D eigenvalue weighted by molar-refractivity contribution is -0.144. The summed E-state index contributed by atoms with van der Waals surface area (Å²) < 4.78 is 0. The van der Waals surface area contributed by atoms with Crippen LogP contribution in [0.1, 0.15) is 26.2 Å². The van der Waals surface area contributed by atoms with E-state index in [1.165, 1.54) is 11.9 Å². The highest BCUT2D eigenvalue weighted by molar-refractivity contribution is 5.82. The van der Waals surface area contributed by atoms with Crippen molar-refractivity contribution >= 4 is 12.0 Å². The molecule has 1 aliphatic heterocycles. The maximum Gasteiger partial charge on any atom is 0.326 e. The summed E-state index contributed by atoms with van der Waals surface area (Å²) in [4.78, 5) is 23.9. The van der Waals surface area contributed by atoms with Gasteiger partial charge in [0.1, 0.15) is 6.04 Å². The molecule has 5 nitrogen and oxygen atoms in total. The first kappa shape index (κ1) is 11.8. The summed E-state index contributed by atoms with van der Waals surface area (Å²) in [7, 11) is 1.52. The number of piperidine rings is 1. The zero-order chi connectivity index (χ0) is 11.4. The van der Waals surface area contributed by atoms with E-state index >= 15 is 0 Å². The van der Waals surface area contributed by atoms with Gasteiger partial charge in [0.15, 0.2) is 0 Å². The number of nitrogens with one attached hydrogen (secondary N) is 1. The Morgan fingerprint density at radius 3 is 2.67 bits per heavy atom. The Morgan fingerprint density at radius 2 is 2.20 bits per heavy atom. The summed E-state index contributed by atoms with van der Waals surface area (Å²) in [6, 6.07) is -0.958. The number of carbonyl (C=O) groups excluding carboxylic acids is 1. The molecule has 1 fully saturated rings. The Kier molecular flexibility index (Phi) is 3.94. The van der Waals surface area contributed by atoms with Crippen LogP contribution in [0.15, 0.2) is 0 Å². The Morgan fingerprint density at radius 1 is 1.53 bits per heavy atom. The van der Waals surface area contributed by atoms with Gasteiger partial charge in [0.25, 0.3) is 0 Å². The van der Waals surface area contributed by atoms with E-state index in [2.05, 4.69) is 12.2 Å². The highest BCUT2D eigenvalue weighted by Gasteiger charge is 2.35. The van der Waals surface area contributed by atoms with Crippen LogP contribution in [0.2, 0.25) is 0 Å². The first-order valence-electron chi connectivity index (χ1n) is 5.31. The maximum absolute atomic E-state index is 11.4. The van der Waals surface area contributed by atoms with Crippen LogP contribution in [0.5, 0.6) is 0 Å². The number of likely N-dealkylation sites (tertiary alicyclic amines) is 1. The molecule has 1 aliphatic rings. The molecule has 0 saturated carbocycles. The van der Waals surface area contributed by atoms with Crippen LogP contribution >= 0.6 is 0 Å². The van der Waals surface area contributed by atoms with Crippen molar-refractivity contribution in [3.63, 3.8) is 0 Å². The minimum absolute atomic E-state index is 0.294. The van der Waals surface area contributed by atoms with Crippen LogP contribution < -0.4 is 5.32 Å². The van der Waals surface area contributed by atoms with Gasteiger partial charge >= 0.3 is 12.0 Å². The van der Waals surface area contributed by atoms with Crippen molar-refractivity contribution in [3.8, 4) is 0 Å². The number of carboxylic acids is 1. The van der Waals surface area contributed by atoms with Gasteiger partial charge in [-0.25, -0.2) is 9.59 Å². The fraction of sp³-hybridized carbons (Fsp3) is 0.800. The van der Waals surface area contributed by atoms with Crippen molar-refractivity contribution in [3.05, 3.63) is 0 Å². The van der Waals surface area contributed by atoms with Crippen LogP contribution in [-0.2, 0) is 4.79 Å². The molecule has 0 aromatic carbocycles. The Hall–Kier alpha value is -1.26. The third-order valence-electron chi connectivity index (χ3n) is 3.05. The number of carboxylic acid groups (broad SMARTS) is 1. The first-order valence-corrected chi connectivity index (χ1v) is 5.31. The topological polar surface area (TPSA) is 69.6 Å². The molecular formula is C10H18N2O3. The van der Waals surface area contributed by atoms with E-state index in [4.69, 9.17) is 5.11 Å². The molecule has 1 heterocycles. The van der Waals surface area contributed by atoms with Crippen LogP contribution in [0.25, 0.3) is 0 Å². The molecule has 1 rings (SSSR count). The van der Waals surface area contributed by atoms with Gasteiger partial charge in [-0.3, -0.25) is 0 Å². The lowest BCUT2D eigenvalue weighted by Gasteiger charge is -2.36. The molecule has 86 valence electrons. The SMILES string of the molecule is CCC1CCN(C(=O)NC)C(C(=O)O)C1. The van der Waals surface area contributed by atoms with E-state index in [1.807, 2.05) is 0 Å². The number of hydrogen-bond donors (Lipinski definition) is 2. The lowest BCUT2D eigenvalue weighted by Crippen LogP contribution is -2.52. The molecule has 0 aromatic rings. The van der Waals surface area contributed by atoms with Gasteiger partial charge in [-0.1, -0.05) is 13.3 Å². The van der Waals surface area contributed by atoms with Crippen LogP contribution in [0.4, 0.5) is 4.79 Å². The van der Waals surface area contributed by atoms with Crippen molar-refractivity contribution in [2.45, 2.75) is 32.2 Å². The normalized spacial score (nSPS) is 26.1. The molecule has 15 heavy (non-hydrogen) atoms. The monoisotopic (exact) mass is 214 g/mol. The molecule has 0 bridgehead atoms.